The van der Waals surface area contributed by atoms with Gasteiger partial charge in [0.2, 0.25) is 0 Å². The van der Waals surface area contributed by atoms with Crippen LogP contribution in [0.3, 0.4) is 0 Å². The normalized spacial score (nSPS) is 12.8. The molecule has 1 aromatic heterocycles. The van der Waals surface area contributed by atoms with Gasteiger partial charge in [-0.15, -0.1) is 0 Å². The topological polar surface area (TPSA) is 54.0 Å². The van der Waals surface area contributed by atoms with Crippen molar-refractivity contribution in [1.82, 2.24) is 10.3 Å². The number of pyridine rings is 1. The average molecular weight is 518 g/mol. The average Bonchev–Trinajstić information content (AvgIpc) is 2.71. The van der Waals surface area contributed by atoms with E-state index in [2.05, 4.69) is 31.5 Å². The number of hydrogen-bond donors (Lipinski definition) is 2. The lowest BCUT2D eigenvalue weighted by Crippen LogP contribution is -2.35. The van der Waals surface area contributed by atoms with Gasteiger partial charge in [-0.2, -0.15) is 26.3 Å². The Bertz CT molecular complexity index is 1100. The summed E-state index contributed by atoms with van der Waals surface area (Å²) in [5, 5.41) is 4.86. The van der Waals surface area contributed by atoms with Crippen molar-refractivity contribution in [2.45, 2.75) is 18.4 Å². The Morgan fingerprint density at radius 2 is 1.59 bits per heavy atom. The third kappa shape index (κ3) is 5.78. The molecule has 0 aliphatic heterocycles. The van der Waals surface area contributed by atoms with E-state index in [9.17, 15) is 31.1 Å². The standard InChI is InChI=1S/C21H14BrF6N3O/c22-14-3-1-4-15(11-14)30-19(32)31-17(12-6-8-13(9-7-12)20(23,24)25)18-16(21(26,27)28)5-2-10-29-18/h1-11,17H,(H2,30,31,32). The van der Waals surface area contributed by atoms with Gasteiger partial charge in [-0.1, -0.05) is 34.1 Å². The Morgan fingerprint density at radius 1 is 0.906 bits per heavy atom. The summed E-state index contributed by atoms with van der Waals surface area (Å²) in [4.78, 5) is 16.3. The highest BCUT2D eigenvalue weighted by molar-refractivity contribution is 9.10. The zero-order valence-corrected chi connectivity index (χ0v) is 17.5. The molecule has 2 amide bonds. The highest BCUT2D eigenvalue weighted by Crippen LogP contribution is 2.36. The zero-order chi connectivity index (χ0) is 23.5. The second-order valence-electron chi connectivity index (χ2n) is 6.60. The summed E-state index contributed by atoms with van der Waals surface area (Å²) in [7, 11) is 0. The molecule has 0 radical (unpaired) electrons. The molecule has 0 saturated carbocycles. The van der Waals surface area contributed by atoms with Gasteiger partial charge in [-0.3, -0.25) is 4.98 Å². The second-order valence-corrected chi connectivity index (χ2v) is 7.51. The van der Waals surface area contributed by atoms with Gasteiger partial charge in [0.1, 0.15) is 0 Å². The monoisotopic (exact) mass is 517 g/mol. The fourth-order valence-corrected chi connectivity index (χ4v) is 3.33. The van der Waals surface area contributed by atoms with Crippen LogP contribution < -0.4 is 10.6 Å². The van der Waals surface area contributed by atoms with Crippen molar-refractivity contribution in [3.8, 4) is 0 Å². The first kappa shape index (κ1) is 23.6. The van der Waals surface area contributed by atoms with Gasteiger partial charge in [0.25, 0.3) is 0 Å². The Hall–Kier alpha value is -3.08. The van der Waals surface area contributed by atoms with Gasteiger partial charge in [0.15, 0.2) is 0 Å². The first-order valence-electron chi connectivity index (χ1n) is 8.97. The molecule has 3 rings (SSSR count). The largest absolute Gasteiger partial charge is 0.418 e. The number of nitrogens with one attached hydrogen (secondary N) is 2. The number of carbonyl (C=O) groups excluding carboxylic acids is 1. The van der Waals surface area contributed by atoms with E-state index in [-0.39, 0.29) is 5.56 Å². The van der Waals surface area contributed by atoms with Gasteiger partial charge >= 0.3 is 18.4 Å². The van der Waals surface area contributed by atoms with Gasteiger partial charge in [0, 0.05) is 16.4 Å². The number of urea groups is 1. The number of rotatable bonds is 4. The Labute approximate surface area is 186 Å². The van der Waals surface area contributed by atoms with Crippen LogP contribution in [0.25, 0.3) is 0 Å². The molecule has 11 heteroatoms. The Morgan fingerprint density at radius 3 is 2.19 bits per heavy atom. The number of hydrogen-bond acceptors (Lipinski definition) is 2. The second kappa shape index (κ2) is 9.19. The number of carbonyl (C=O) groups is 1. The van der Waals surface area contributed by atoms with Gasteiger partial charge in [-0.05, 0) is 48.0 Å². The predicted molar refractivity (Wildman–Crippen MR) is 109 cm³/mol. The molecular formula is C21H14BrF6N3O. The van der Waals surface area contributed by atoms with Crippen LogP contribution in [-0.2, 0) is 12.4 Å². The van der Waals surface area contributed by atoms with E-state index < -0.39 is 41.2 Å². The number of alkyl halides is 6. The molecule has 1 heterocycles. The molecule has 4 nitrogen and oxygen atoms in total. The third-order valence-corrected chi connectivity index (χ3v) is 4.84. The van der Waals surface area contributed by atoms with Crippen LogP contribution in [0.4, 0.5) is 36.8 Å². The minimum absolute atomic E-state index is 0.00778. The Balaban J connectivity index is 1.99. The van der Waals surface area contributed by atoms with Crippen molar-refractivity contribution < 1.29 is 31.1 Å². The van der Waals surface area contributed by atoms with Crippen molar-refractivity contribution >= 4 is 27.6 Å². The summed E-state index contributed by atoms with van der Waals surface area (Å²) >= 11 is 3.23. The van der Waals surface area contributed by atoms with E-state index in [4.69, 9.17) is 0 Å². The van der Waals surface area contributed by atoms with E-state index in [1.54, 1.807) is 24.3 Å². The first-order valence-corrected chi connectivity index (χ1v) is 9.77. The van der Waals surface area contributed by atoms with E-state index in [0.29, 0.717) is 10.2 Å². The summed E-state index contributed by atoms with van der Waals surface area (Å²) in [5.74, 6) is 0. The number of anilines is 1. The van der Waals surface area contributed by atoms with Gasteiger partial charge < -0.3 is 10.6 Å². The number of halogens is 7. The third-order valence-electron chi connectivity index (χ3n) is 4.35. The molecule has 32 heavy (non-hydrogen) atoms. The minimum Gasteiger partial charge on any atom is -0.325 e. The van der Waals surface area contributed by atoms with Gasteiger partial charge in [-0.25, -0.2) is 4.79 Å². The predicted octanol–water partition coefficient (Wildman–Crippen LogP) is 6.79. The molecular weight excluding hydrogens is 504 g/mol. The van der Waals surface area contributed by atoms with Crippen LogP contribution in [0.2, 0.25) is 0 Å². The molecule has 0 bridgehead atoms. The fraction of sp³-hybridized carbons (Fsp3) is 0.143. The fourth-order valence-electron chi connectivity index (χ4n) is 2.93. The molecule has 1 unspecified atom stereocenters. The van der Waals surface area contributed by atoms with Crippen molar-refractivity contribution in [2.75, 3.05) is 5.32 Å². The van der Waals surface area contributed by atoms with Crippen LogP contribution in [0.1, 0.15) is 28.4 Å². The number of aromatic nitrogens is 1. The zero-order valence-electron chi connectivity index (χ0n) is 15.9. The maximum atomic E-state index is 13.6. The van der Waals surface area contributed by atoms with Crippen molar-refractivity contribution in [3.63, 3.8) is 0 Å². The number of nitrogens with zero attached hydrogens (tertiary/aromatic N) is 1. The molecule has 0 aliphatic carbocycles. The maximum Gasteiger partial charge on any atom is 0.418 e. The molecule has 2 N–H and O–H groups in total. The summed E-state index contributed by atoms with van der Waals surface area (Å²) in [6.45, 7) is 0. The summed E-state index contributed by atoms with van der Waals surface area (Å²) < 4.78 is 80.0. The SMILES string of the molecule is O=C(Nc1cccc(Br)c1)NC(c1ccc(C(F)(F)F)cc1)c1ncccc1C(F)(F)F. The number of benzene rings is 2. The van der Waals surface area contributed by atoms with Crippen molar-refractivity contribution in [3.05, 3.63) is 93.7 Å². The van der Waals surface area contributed by atoms with E-state index >= 15 is 0 Å². The molecule has 2 aromatic carbocycles. The lowest BCUT2D eigenvalue weighted by Gasteiger charge is -2.23. The smallest absolute Gasteiger partial charge is 0.325 e. The molecule has 3 aromatic rings. The van der Waals surface area contributed by atoms with Gasteiger partial charge in [0.05, 0.1) is 22.9 Å². The lowest BCUT2D eigenvalue weighted by atomic mass is 9.98. The first-order chi connectivity index (χ1) is 14.9. The highest BCUT2D eigenvalue weighted by atomic mass is 79.9. The number of amides is 2. The molecule has 1 atom stereocenters. The maximum absolute atomic E-state index is 13.6. The van der Waals surface area contributed by atoms with Crippen LogP contribution >= 0.6 is 15.9 Å². The summed E-state index contributed by atoms with van der Waals surface area (Å²) in [5.41, 5.74) is -2.31. The molecule has 0 saturated heterocycles. The van der Waals surface area contributed by atoms with Crippen molar-refractivity contribution in [1.29, 1.82) is 0 Å². The van der Waals surface area contributed by atoms with Crippen LogP contribution in [0, 0.1) is 0 Å². The molecule has 0 fully saturated rings. The minimum atomic E-state index is -4.80. The highest BCUT2D eigenvalue weighted by Gasteiger charge is 2.37. The van der Waals surface area contributed by atoms with E-state index in [1.807, 2.05) is 0 Å². The summed E-state index contributed by atoms with van der Waals surface area (Å²) in [6, 6.07) is 9.45. The van der Waals surface area contributed by atoms with Crippen LogP contribution in [0.15, 0.2) is 71.3 Å². The van der Waals surface area contributed by atoms with E-state index in [0.717, 1.165) is 42.6 Å². The molecule has 0 spiro atoms. The molecule has 0 aliphatic rings. The summed E-state index contributed by atoms with van der Waals surface area (Å²) in [6.07, 6.45) is -8.31. The van der Waals surface area contributed by atoms with Crippen LogP contribution in [-0.4, -0.2) is 11.0 Å². The van der Waals surface area contributed by atoms with Crippen LogP contribution in [0.5, 0.6) is 0 Å². The van der Waals surface area contributed by atoms with Crippen molar-refractivity contribution in [2.24, 2.45) is 0 Å². The molecule has 168 valence electrons. The lowest BCUT2D eigenvalue weighted by molar-refractivity contribution is -0.139. The van der Waals surface area contributed by atoms with E-state index in [1.165, 1.54) is 0 Å². The quantitative estimate of drug-likeness (QED) is 0.374. The Kier molecular flexibility index (Phi) is 6.77.